The summed E-state index contributed by atoms with van der Waals surface area (Å²) in [5.74, 6) is 0.980. The van der Waals surface area contributed by atoms with Crippen LogP contribution in [0.25, 0.3) is 11.2 Å². The van der Waals surface area contributed by atoms with Crippen molar-refractivity contribution in [3.8, 4) is 0 Å². The highest BCUT2D eigenvalue weighted by Crippen LogP contribution is 2.14. The van der Waals surface area contributed by atoms with E-state index in [1.807, 2.05) is 18.2 Å². The van der Waals surface area contributed by atoms with Crippen LogP contribution in [0.1, 0.15) is 17.0 Å². The molecular formula is C15H16N4. The molecule has 4 nitrogen and oxygen atoms in total. The Kier molecular flexibility index (Phi) is 2.91. The van der Waals surface area contributed by atoms with Gasteiger partial charge in [0.1, 0.15) is 5.82 Å². The van der Waals surface area contributed by atoms with Crippen molar-refractivity contribution in [1.29, 1.82) is 0 Å². The normalized spacial score (nSPS) is 11.0. The van der Waals surface area contributed by atoms with E-state index >= 15 is 0 Å². The molecule has 0 saturated heterocycles. The fourth-order valence-electron chi connectivity index (χ4n) is 2.15. The van der Waals surface area contributed by atoms with E-state index in [1.54, 1.807) is 6.20 Å². The second kappa shape index (κ2) is 4.72. The molecule has 0 fully saturated rings. The van der Waals surface area contributed by atoms with Crippen molar-refractivity contribution < 1.29 is 0 Å². The number of imidazole rings is 1. The van der Waals surface area contributed by atoms with Crippen LogP contribution in [-0.2, 0) is 12.8 Å². The lowest BCUT2D eigenvalue weighted by Crippen LogP contribution is -1.94. The molecule has 4 heteroatoms. The molecular weight excluding hydrogens is 236 g/mol. The Labute approximate surface area is 111 Å². The number of anilines is 1. The zero-order valence-electron chi connectivity index (χ0n) is 10.9. The summed E-state index contributed by atoms with van der Waals surface area (Å²) < 4.78 is 0. The molecule has 96 valence electrons. The molecule has 2 heterocycles. The SMILES string of the molecule is Cc1ccnc2nc(CCc3ccc(N)cc3)[nH]c12. The topological polar surface area (TPSA) is 67.6 Å². The number of pyridine rings is 1. The van der Waals surface area contributed by atoms with Gasteiger partial charge in [-0.1, -0.05) is 12.1 Å². The average molecular weight is 252 g/mol. The number of nitrogens with zero attached hydrogens (tertiary/aromatic N) is 2. The zero-order valence-corrected chi connectivity index (χ0v) is 10.9. The molecule has 1 aromatic carbocycles. The van der Waals surface area contributed by atoms with Crippen molar-refractivity contribution in [2.45, 2.75) is 19.8 Å². The lowest BCUT2D eigenvalue weighted by Gasteiger charge is -1.99. The lowest BCUT2D eigenvalue weighted by atomic mass is 10.1. The standard InChI is InChI=1S/C15H16N4/c1-10-8-9-17-15-14(10)18-13(19-15)7-4-11-2-5-12(16)6-3-11/h2-3,5-6,8-9H,4,7,16H2,1H3,(H,17,18,19). The first-order chi connectivity index (χ1) is 9.22. The Morgan fingerprint density at radius 3 is 2.63 bits per heavy atom. The van der Waals surface area contributed by atoms with Crippen LogP contribution in [-0.4, -0.2) is 15.0 Å². The summed E-state index contributed by atoms with van der Waals surface area (Å²) in [5, 5.41) is 0. The first kappa shape index (κ1) is 11.7. The molecule has 0 saturated carbocycles. The maximum Gasteiger partial charge on any atom is 0.177 e. The first-order valence-corrected chi connectivity index (χ1v) is 6.37. The fourth-order valence-corrected chi connectivity index (χ4v) is 2.15. The highest BCUT2D eigenvalue weighted by atomic mass is 15.0. The van der Waals surface area contributed by atoms with Gasteiger partial charge in [-0.25, -0.2) is 9.97 Å². The van der Waals surface area contributed by atoms with E-state index in [4.69, 9.17) is 5.73 Å². The summed E-state index contributed by atoms with van der Waals surface area (Å²) in [6.45, 7) is 2.06. The molecule has 0 atom stereocenters. The predicted molar refractivity (Wildman–Crippen MR) is 76.9 cm³/mol. The number of H-pyrrole nitrogens is 1. The Morgan fingerprint density at radius 2 is 1.89 bits per heavy atom. The van der Waals surface area contributed by atoms with Crippen molar-refractivity contribution >= 4 is 16.9 Å². The molecule has 0 spiro atoms. The predicted octanol–water partition coefficient (Wildman–Crippen LogP) is 2.63. The third-order valence-electron chi connectivity index (χ3n) is 3.28. The van der Waals surface area contributed by atoms with Crippen molar-refractivity contribution in [2.24, 2.45) is 0 Å². The molecule has 3 N–H and O–H groups in total. The smallest absolute Gasteiger partial charge is 0.177 e. The van der Waals surface area contributed by atoms with Crippen LogP contribution >= 0.6 is 0 Å². The number of nitrogens with one attached hydrogen (secondary N) is 1. The first-order valence-electron chi connectivity index (χ1n) is 6.37. The van der Waals surface area contributed by atoms with E-state index < -0.39 is 0 Å². The van der Waals surface area contributed by atoms with E-state index in [9.17, 15) is 0 Å². The summed E-state index contributed by atoms with van der Waals surface area (Å²) >= 11 is 0. The summed E-state index contributed by atoms with van der Waals surface area (Å²) in [6.07, 6.45) is 3.61. The maximum absolute atomic E-state index is 5.67. The minimum Gasteiger partial charge on any atom is -0.399 e. The number of hydrogen-bond acceptors (Lipinski definition) is 3. The second-order valence-corrected chi connectivity index (χ2v) is 4.75. The molecule has 0 bridgehead atoms. The van der Waals surface area contributed by atoms with Gasteiger partial charge in [0, 0.05) is 18.3 Å². The third kappa shape index (κ3) is 2.42. The van der Waals surface area contributed by atoms with Crippen molar-refractivity contribution in [3.63, 3.8) is 0 Å². The number of nitrogen functional groups attached to an aromatic ring is 1. The quantitative estimate of drug-likeness (QED) is 0.704. The van der Waals surface area contributed by atoms with Gasteiger partial charge in [-0.15, -0.1) is 0 Å². The van der Waals surface area contributed by atoms with Crippen LogP contribution in [0, 0.1) is 6.92 Å². The van der Waals surface area contributed by atoms with Gasteiger partial charge >= 0.3 is 0 Å². The van der Waals surface area contributed by atoms with Crippen LogP contribution in [0.3, 0.4) is 0 Å². The van der Waals surface area contributed by atoms with Crippen LogP contribution in [0.15, 0.2) is 36.5 Å². The number of hydrogen-bond donors (Lipinski definition) is 2. The van der Waals surface area contributed by atoms with Crippen molar-refractivity contribution in [2.75, 3.05) is 5.73 Å². The van der Waals surface area contributed by atoms with E-state index in [0.29, 0.717) is 0 Å². The average Bonchev–Trinajstić information content (AvgIpc) is 2.83. The number of aromatic amines is 1. The van der Waals surface area contributed by atoms with Crippen molar-refractivity contribution in [3.05, 3.63) is 53.5 Å². The summed E-state index contributed by atoms with van der Waals surface area (Å²) in [7, 11) is 0. The van der Waals surface area contributed by atoms with Gasteiger partial charge in [-0.2, -0.15) is 0 Å². The second-order valence-electron chi connectivity index (χ2n) is 4.75. The highest BCUT2D eigenvalue weighted by molar-refractivity contribution is 5.74. The number of aromatic nitrogens is 3. The van der Waals surface area contributed by atoms with Gasteiger partial charge in [0.25, 0.3) is 0 Å². The van der Waals surface area contributed by atoms with E-state index in [-0.39, 0.29) is 0 Å². The largest absolute Gasteiger partial charge is 0.399 e. The zero-order chi connectivity index (χ0) is 13.2. The number of aryl methyl sites for hydroxylation is 3. The number of benzene rings is 1. The summed E-state index contributed by atoms with van der Waals surface area (Å²) in [4.78, 5) is 12.1. The molecule has 19 heavy (non-hydrogen) atoms. The van der Waals surface area contributed by atoms with Gasteiger partial charge in [-0.05, 0) is 42.7 Å². The van der Waals surface area contributed by atoms with Gasteiger partial charge < -0.3 is 10.7 Å². The third-order valence-corrected chi connectivity index (χ3v) is 3.28. The van der Waals surface area contributed by atoms with Crippen LogP contribution in [0.4, 0.5) is 5.69 Å². The number of nitrogens with two attached hydrogens (primary N) is 1. The molecule has 0 aliphatic rings. The van der Waals surface area contributed by atoms with Gasteiger partial charge in [0.05, 0.1) is 5.52 Å². The van der Waals surface area contributed by atoms with Gasteiger partial charge in [0.15, 0.2) is 5.65 Å². The molecule has 2 aromatic heterocycles. The molecule has 3 aromatic rings. The molecule has 0 unspecified atom stereocenters. The Hall–Kier alpha value is -2.36. The number of rotatable bonds is 3. The minimum atomic E-state index is 0.798. The van der Waals surface area contributed by atoms with Gasteiger partial charge in [-0.3, -0.25) is 0 Å². The van der Waals surface area contributed by atoms with Crippen LogP contribution in [0.5, 0.6) is 0 Å². The minimum absolute atomic E-state index is 0.798. The van der Waals surface area contributed by atoms with Crippen molar-refractivity contribution in [1.82, 2.24) is 15.0 Å². The summed E-state index contributed by atoms with van der Waals surface area (Å²) in [6, 6.07) is 9.96. The molecule has 0 radical (unpaired) electrons. The number of fused-ring (bicyclic) bond motifs is 1. The lowest BCUT2D eigenvalue weighted by molar-refractivity contribution is 0.889. The maximum atomic E-state index is 5.67. The Balaban J connectivity index is 1.78. The highest BCUT2D eigenvalue weighted by Gasteiger charge is 2.05. The Morgan fingerprint density at radius 1 is 1.11 bits per heavy atom. The molecule has 0 aliphatic heterocycles. The molecule has 3 rings (SSSR count). The molecule has 0 amide bonds. The van der Waals surface area contributed by atoms with E-state index in [0.717, 1.165) is 35.5 Å². The Bertz CT molecular complexity index is 698. The molecule has 0 aliphatic carbocycles. The summed E-state index contributed by atoms with van der Waals surface area (Å²) in [5.41, 5.74) is 10.7. The van der Waals surface area contributed by atoms with E-state index in [1.165, 1.54) is 11.1 Å². The van der Waals surface area contributed by atoms with Crippen LogP contribution in [0.2, 0.25) is 0 Å². The van der Waals surface area contributed by atoms with Gasteiger partial charge in [0.2, 0.25) is 0 Å². The van der Waals surface area contributed by atoms with E-state index in [2.05, 4.69) is 34.0 Å². The fraction of sp³-hybridized carbons (Fsp3) is 0.200. The monoisotopic (exact) mass is 252 g/mol. The van der Waals surface area contributed by atoms with Crippen LogP contribution < -0.4 is 5.73 Å².